The van der Waals surface area contributed by atoms with Crippen LogP contribution in [0.2, 0.25) is 5.02 Å². The van der Waals surface area contributed by atoms with Crippen LogP contribution in [0.25, 0.3) is 5.82 Å². The van der Waals surface area contributed by atoms with Crippen LogP contribution in [0.15, 0.2) is 35.3 Å². The van der Waals surface area contributed by atoms with Gasteiger partial charge in [0.2, 0.25) is 0 Å². The first kappa shape index (κ1) is 15.8. The lowest BCUT2D eigenvalue weighted by molar-refractivity contribution is 0.298. The van der Waals surface area contributed by atoms with Gasteiger partial charge in [0, 0.05) is 35.2 Å². The maximum absolute atomic E-state index is 13.7. The number of aromatic nitrogens is 3. The second-order valence-electron chi connectivity index (χ2n) is 5.80. The molecule has 25 heavy (non-hydrogen) atoms. The molecule has 2 aliphatic heterocycles. The molecule has 3 heterocycles. The molecule has 0 unspecified atom stereocenters. The Kier molecular flexibility index (Phi) is 3.61. The Morgan fingerprint density at radius 2 is 2.04 bits per heavy atom. The number of aryl methyl sites for hydroxylation is 1. The van der Waals surface area contributed by atoms with Gasteiger partial charge in [0.05, 0.1) is 6.54 Å². The second-order valence-corrected chi connectivity index (χ2v) is 6.18. The fraction of sp³-hybridized carbons (Fsp3) is 0.176. The number of rotatable bonds is 5. The van der Waals surface area contributed by atoms with E-state index in [-0.39, 0.29) is 22.9 Å². The Morgan fingerprint density at radius 3 is 2.68 bits per heavy atom. The van der Waals surface area contributed by atoms with E-state index < -0.39 is 17.2 Å². The van der Waals surface area contributed by atoms with Gasteiger partial charge >= 0.3 is 0 Å². The molecule has 1 aromatic heterocycles. The maximum Gasteiger partial charge on any atom is 0.273 e. The summed E-state index contributed by atoms with van der Waals surface area (Å²) in [5.41, 5.74) is 1.40. The molecule has 128 valence electrons. The van der Waals surface area contributed by atoms with Gasteiger partial charge in [0.1, 0.15) is 29.0 Å². The SMILES string of the molecule is Cc1cc(OCc2ccc(F)cc2F)c(Cl)c(=O)n1Cc1cn2nc1-2. The van der Waals surface area contributed by atoms with Crippen molar-refractivity contribution in [3.05, 3.63) is 74.3 Å². The van der Waals surface area contributed by atoms with Crippen LogP contribution < -0.4 is 10.3 Å². The Morgan fingerprint density at radius 1 is 1.24 bits per heavy atom. The predicted molar refractivity (Wildman–Crippen MR) is 87.4 cm³/mol. The monoisotopic (exact) mass is 363 g/mol. The molecular formula is C17H12ClF2N3O2. The fourth-order valence-electron chi connectivity index (χ4n) is 2.61. The summed E-state index contributed by atoms with van der Waals surface area (Å²) >= 11 is 6.12. The van der Waals surface area contributed by atoms with Crippen molar-refractivity contribution in [2.45, 2.75) is 20.1 Å². The summed E-state index contributed by atoms with van der Waals surface area (Å²) in [6, 6.07) is 4.83. The van der Waals surface area contributed by atoms with E-state index in [1.165, 1.54) is 10.6 Å². The highest BCUT2D eigenvalue weighted by molar-refractivity contribution is 6.31. The summed E-state index contributed by atoms with van der Waals surface area (Å²) in [6.07, 6.45) is 1.84. The third kappa shape index (κ3) is 2.80. The molecule has 0 spiro atoms. The third-order valence-corrected chi connectivity index (χ3v) is 4.44. The minimum Gasteiger partial charge on any atom is -0.487 e. The molecule has 0 saturated carbocycles. The van der Waals surface area contributed by atoms with Gasteiger partial charge in [0.15, 0.2) is 5.82 Å². The summed E-state index contributed by atoms with van der Waals surface area (Å²) in [5, 5.41) is 3.96. The number of nitrogens with zero attached hydrogens (tertiary/aromatic N) is 3. The van der Waals surface area contributed by atoms with Crippen molar-refractivity contribution < 1.29 is 13.5 Å². The van der Waals surface area contributed by atoms with E-state index in [0.717, 1.165) is 23.5 Å². The summed E-state index contributed by atoms with van der Waals surface area (Å²) in [6.45, 7) is 1.98. The van der Waals surface area contributed by atoms with Crippen LogP contribution in [0.3, 0.4) is 0 Å². The van der Waals surface area contributed by atoms with Crippen molar-refractivity contribution in [3.63, 3.8) is 0 Å². The van der Waals surface area contributed by atoms with Crippen LogP contribution in [-0.4, -0.2) is 14.3 Å². The Hall–Kier alpha value is -2.67. The zero-order valence-corrected chi connectivity index (χ0v) is 13.8. The molecular weight excluding hydrogens is 352 g/mol. The van der Waals surface area contributed by atoms with Gasteiger partial charge in [-0.15, -0.1) is 5.10 Å². The van der Waals surface area contributed by atoms with Crippen molar-refractivity contribution in [1.82, 2.24) is 14.3 Å². The maximum atomic E-state index is 13.7. The smallest absolute Gasteiger partial charge is 0.273 e. The minimum atomic E-state index is -0.715. The molecule has 2 aliphatic rings. The highest BCUT2D eigenvalue weighted by Gasteiger charge is 2.25. The molecule has 0 aliphatic carbocycles. The van der Waals surface area contributed by atoms with Gasteiger partial charge in [-0.3, -0.25) is 4.79 Å². The predicted octanol–water partition coefficient (Wildman–Crippen LogP) is 3.21. The molecule has 0 atom stereocenters. The first-order chi connectivity index (χ1) is 11.9. The summed E-state index contributed by atoms with van der Waals surface area (Å²) < 4.78 is 35.3. The van der Waals surface area contributed by atoms with Gasteiger partial charge in [-0.1, -0.05) is 11.6 Å². The topological polar surface area (TPSA) is 49.0 Å². The van der Waals surface area contributed by atoms with Crippen LogP contribution in [0.4, 0.5) is 8.78 Å². The second kappa shape index (κ2) is 5.70. The average Bonchev–Trinajstić information content (AvgIpc) is 3.21. The Bertz CT molecular complexity index is 1060. The van der Waals surface area contributed by atoms with Gasteiger partial charge in [-0.2, -0.15) is 0 Å². The van der Waals surface area contributed by atoms with Crippen LogP contribution >= 0.6 is 11.6 Å². The van der Waals surface area contributed by atoms with Crippen molar-refractivity contribution >= 4 is 11.6 Å². The standard InChI is InChI=1S/C17H12ClF2N3O2/c1-9-4-14(25-8-10-2-3-12(19)5-13(10)20)15(18)17(24)22(9)6-11-7-23-16(11)21-23/h2-5,7H,6,8H2,1H3. The molecule has 0 N–H and O–H groups in total. The van der Waals surface area contributed by atoms with Crippen LogP contribution in [-0.2, 0) is 13.2 Å². The van der Waals surface area contributed by atoms with E-state index in [1.54, 1.807) is 17.7 Å². The zero-order valence-electron chi connectivity index (χ0n) is 13.1. The summed E-state index contributed by atoms with van der Waals surface area (Å²) in [7, 11) is 0. The number of hydrogen-bond donors (Lipinski definition) is 0. The van der Waals surface area contributed by atoms with E-state index >= 15 is 0 Å². The van der Waals surface area contributed by atoms with Crippen LogP contribution in [0, 0.1) is 18.6 Å². The first-order valence-corrected chi connectivity index (χ1v) is 7.87. The molecule has 1 aromatic carbocycles. The van der Waals surface area contributed by atoms with Gasteiger partial charge in [-0.25, -0.2) is 13.5 Å². The molecule has 0 fully saturated rings. The van der Waals surface area contributed by atoms with E-state index in [0.29, 0.717) is 12.2 Å². The lowest BCUT2D eigenvalue weighted by Crippen LogP contribution is -2.24. The lowest BCUT2D eigenvalue weighted by Gasteiger charge is -2.15. The molecule has 4 rings (SSSR count). The molecule has 0 radical (unpaired) electrons. The minimum absolute atomic E-state index is 0.0809. The van der Waals surface area contributed by atoms with Gasteiger partial charge < -0.3 is 9.30 Å². The number of hydrogen-bond acceptors (Lipinski definition) is 3. The van der Waals surface area contributed by atoms with Gasteiger partial charge in [0.25, 0.3) is 5.56 Å². The van der Waals surface area contributed by atoms with Crippen molar-refractivity contribution in [1.29, 1.82) is 0 Å². The number of halogens is 3. The Balaban J connectivity index is 1.57. The largest absolute Gasteiger partial charge is 0.487 e. The van der Waals surface area contributed by atoms with E-state index in [1.807, 2.05) is 6.20 Å². The van der Waals surface area contributed by atoms with Crippen molar-refractivity contribution in [3.8, 4) is 11.6 Å². The molecule has 0 bridgehead atoms. The first-order valence-electron chi connectivity index (χ1n) is 7.49. The molecule has 0 saturated heterocycles. The van der Waals surface area contributed by atoms with Gasteiger partial charge in [-0.05, 0) is 19.1 Å². The summed E-state index contributed by atoms with van der Waals surface area (Å²) in [5.74, 6) is -0.332. The number of fused-ring (bicyclic) bond motifs is 1. The lowest BCUT2D eigenvalue weighted by atomic mass is 10.2. The van der Waals surface area contributed by atoms with E-state index in [4.69, 9.17) is 16.3 Å². The number of pyridine rings is 1. The number of ether oxygens (including phenoxy) is 1. The summed E-state index contributed by atoms with van der Waals surface area (Å²) in [4.78, 5) is 12.5. The van der Waals surface area contributed by atoms with E-state index in [2.05, 4.69) is 5.10 Å². The molecule has 8 heteroatoms. The zero-order chi connectivity index (χ0) is 17.7. The number of benzene rings is 1. The van der Waals surface area contributed by atoms with E-state index in [9.17, 15) is 13.6 Å². The van der Waals surface area contributed by atoms with Crippen molar-refractivity contribution in [2.24, 2.45) is 0 Å². The quantitative estimate of drug-likeness (QED) is 0.547. The third-order valence-electron chi connectivity index (χ3n) is 4.09. The van der Waals surface area contributed by atoms with Crippen LogP contribution in [0.1, 0.15) is 16.8 Å². The van der Waals surface area contributed by atoms with Crippen LogP contribution in [0.5, 0.6) is 5.75 Å². The highest BCUT2D eigenvalue weighted by atomic mass is 35.5. The average molecular weight is 364 g/mol. The molecule has 5 nitrogen and oxygen atoms in total. The normalized spacial score (nSPS) is 11.7. The molecule has 0 amide bonds. The molecule has 2 aromatic rings. The fourth-order valence-corrected chi connectivity index (χ4v) is 2.82. The Labute approximate surface area is 146 Å². The van der Waals surface area contributed by atoms with Crippen molar-refractivity contribution in [2.75, 3.05) is 0 Å². The highest BCUT2D eigenvalue weighted by Crippen LogP contribution is 2.27.